The summed E-state index contributed by atoms with van der Waals surface area (Å²) >= 11 is 3.45. The molecule has 0 saturated carbocycles. The van der Waals surface area contributed by atoms with Crippen molar-refractivity contribution in [1.82, 2.24) is 15.2 Å². The van der Waals surface area contributed by atoms with Gasteiger partial charge in [-0.3, -0.25) is 14.6 Å². The van der Waals surface area contributed by atoms with Gasteiger partial charge in [0, 0.05) is 42.9 Å². The molecule has 1 N–H and O–H groups in total. The maximum atomic E-state index is 12.4. The van der Waals surface area contributed by atoms with E-state index in [-0.39, 0.29) is 11.8 Å². The molecule has 0 unspecified atom stereocenters. The van der Waals surface area contributed by atoms with E-state index >= 15 is 0 Å². The number of pyridine rings is 1. The smallest absolute Gasteiger partial charge is 0.255 e. The van der Waals surface area contributed by atoms with Crippen molar-refractivity contribution < 1.29 is 9.59 Å². The van der Waals surface area contributed by atoms with Crippen molar-refractivity contribution in [2.24, 2.45) is 5.92 Å². The first-order chi connectivity index (χ1) is 13.1. The van der Waals surface area contributed by atoms with Crippen LogP contribution in [0.4, 0.5) is 0 Å². The predicted octanol–water partition coefficient (Wildman–Crippen LogP) is 3.45. The number of rotatable bonds is 6. The summed E-state index contributed by atoms with van der Waals surface area (Å²) in [6.07, 6.45) is 6.34. The van der Waals surface area contributed by atoms with E-state index in [0.717, 1.165) is 42.4 Å². The highest BCUT2D eigenvalue weighted by molar-refractivity contribution is 9.10. The molecular weight excluding hydrogens is 406 g/mol. The minimum atomic E-state index is 0.0413. The molecular formula is C21H24BrN3O2. The van der Waals surface area contributed by atoms with Gasteiger partial charge in [0.15, 0.2) is 0 Å². The van der Waals surface area contributed by atoms with Crippen molar-refractivity contribution in [3.05, 3.63) is 64.4 Å². The topological polar surface area (TPSA) is 62.3 Å². The SMILES string of the molecule is O=C(CCc1cccc(Br)c1)NCC1CCN(C(=O)c2cccnc2)CC1. The van der Waals surface area contributed by atoms with Crippen molar-refractivity contribution in [3.63, 3.8) is 0 Å². The highest BCUT2D eigenvalue weighted by Crippen LogP contribution is 2.18. The zero-order valence-corrected chi connectivity index (χ0v) is 16.8. The van der Waals surface area contributed by atoms with Crippen LogP contribution in [0.3, 0.4) is 0 Å². The molecule has 2 aromatic rings. The fourth-order valence-electron chi connectivity index (χ4n) is 3.31. The molecule has 0 bridgehead atoms. The number of piperidine rings is 1. The third-order valence-corrected chi connectivity index (χ3v) is 5.42. The van der Waals surface area contributed by atoms with E-state index in [1.807, 2.05) is 29.2 Å². The summed E-state index contributed by atoms with van der Waals surface area (Å²) in [7, 11) is 0. The maximum absolute atomic E-state index is 12.4. The maximum Gasteiger partial charge on any atom is 0.255 e. The number of likely N-dealkylation sites (tertiary alicyclic amines) is 1. The third kappa shape index (κ3) is 5.89. The van der Waals surface area contributed by atoms with Crippen molar-refractivity contribution >= 4 is 27.7 Å². The number of carbonyl (C=O) groups is 2. The molecule has 1 saturated heterocycles. The van der Waals surface area contributed by atoms with Crippen molar-refractivity contribution in [3.8, 4) is 0 Å². The number of amides is 2. The zero-order valence-electron chi connectivity index (χ0n) is 15.2. The number of carbonyl (C=O) groups excluding carboxylic acids is 2. The summed E-state index contributed by atoms with van der Waals surface area (Å²) in [6.45, 7) is 2.14. The highest BCUT2D eigenvalue weighted by Gasteiger charge is 2.23. The molecule has 2 amide bonds. The fourth-order valence-corrected chi connectivity index (χ4v) is 3.76. The monoisotopic (exact) mass is 429 g/mol. The van der Waals surface area contributed by atoms with Gasteiger partial charge in [0.2, 0.25) is 5.91 Å². The predicted molar refractivity (Wildman–Crippen MR) is 108 cm³/mol. The van der Waals surface area contributed by atoms with Crippen molar-refractivity contribution in [2.45, 2.75) is 25.7 Å². The van der Waals surface area contributed by atoms with Gasteiger partial charge in [0.05, 0.1) is 5.56 Å². The zero-order chi connectivity index (χ0) is 19.1. The standard InChI is InChI=1S/C21H24BrN3O2/c22-19-5-1-3-16(13-19)6-7-20(26)24-14-17-8-11-25(12-9-17)21(27)18-4-2-10-23-15-18/h1-5,10,13,15,17H,6-9,11-12,14H2,(H,24,26). The van der Waals surface area contributed by atoms with Gasteiger partial charge < -0.3 is 10.2 Å². The van der Waals surface area contributed by atoms with Crippen LogP contribution in [0.25, 0.3) is 0 Å². The summed E-state index contributed by atoms with van der Waals surface area (Å²) in [5.74, 6) is 0.557. The van der Waals surface area contributed by atoms with E-state index in [2.05, 4.69) is 26.2 Å². The number of aryl methyl sites for hydroxylation is 1. The van der Waals surface area contributed by atoms with Crippen molar-refractivity contribution in [2.75, 3.05) is 19.6 Å². The highest BCUT2D eigenvalue weighted by atomic mass is 79.9. The largest absolute Gasteiger partial charge is 0.356 e. The second kappa shape index (κ2) is 9.65. The Hall–Kier alpha value is -2.21. The second-order valence-corrected chi connectivity index (χ2v) is 7.83. The molecule has 6 heteroatoms. The molecule has 27 heavy (non-hydrogen) atoms. The molecule has 142 valence electrons. The minimum absolute atomic E-state index is 0.0413. The minimum Gasteiger partial charge on any atom is -0.356 e. The van der Waals surface area contributed by atoms with Gasteiger partial charge in [-0.25, -0.2) is 0 Å². The van der Waals surface area contributed by atoms with Gasteiger partial charge >= 0.3 is 0 Å². The van der Waals surface area contributed by atoms with Crippen molar-refractivity contribution in [1.29, 1.82) is 0 Å². The quantitative estimate of drug-likeness (QED) is 0.764. The van der Waals surface area contributed by atoms with Gasteiger partial charge in [-0.15, -0.1) is 0 Å². The van der Waals surface area contributed by atoms with E-state index in [1.165, 1.54) is 0 Å². The Balaban J connectivity index is 1.37. The molecule has 0 atom stereocenters. The van der Waals surface area contributed by atoms with E-state index in [1.54, 1.807) is 24.5 Å². The lowest BCUT2D eigenvalue weighted by Gasteiger charge is -2.32. The van der Waals surface area contributed by atoms with Crippen LogP contribution in [0.5, 0.6) is 0 Å². The van der Waals surface area contributed by atoms with Gasteiger partial charge in [-0.05, 0) is 55.0 Å². The van der Waals surface area contributed by atoms with Crippen LogP contribution >= 0.6 is 15.9 Å². The van der Waals surface area contributed by atoms with Crippen LogP contribution < -0.4 is 5.32 Å². The first kappa shape index (κ1) is 19.5. The fraction of sp³-hybridized carbons (Fsp3) is 0.381. The van der Waals surface area contributed by atoms with Crippen LogP contribution in [-0.2, 0) is 11.2 Å². The molecule has 2 heterocycles. The Morgan fingerprint density at radius 1 is 1.19 bits per heavy atom. The number of nitrogens with zero attached hydrogens (tertiary/aromatic N) is 2. The average Bonchev–Trinajstić information content (AvgIpc) is 2.71. The summed E-state index contributed by atoms with van der Waals surface area (Å²) in [5, 5.41) is 3.05. The molecule has 1 fully saturated rings. The first-order valence-electron chi connectivity index (χ1n) is 9.32. The lowest BCUT2D eigenvalue weighted by Crippen LogP contribution is -2.41. The van der Waals surface area contributed by atoms with E-state index in [4.69, 9.17) is 0 Å². The van der Waals surface area contributed by atoms with Crippen LogP contribution in [0.2, 0.25) is 0 Å². The second-order valence-electron chi connectivity index (χ2n) is 6.91. The van der Waals surface area contributed by atoms with Crippen LogP contribution in [-0.4, -0.2) is 41.3 Å². The Bertz CT molecular complexity index is 774. The third-order valence-electron chi connectivity index (χ3n) is 4.93. The number of hydrogen-bond donors (Lipinski definition) is 1. The van der Waals surface area contributed by atoms with Gasteiger partial charge in [-0.2, -0.15) is 0 Å². The van der Waals surface area contributed by atoms with Crippen LogP contribution in [0.1, 0.15) is 35.2 Å². The summed E-state index contributed by atoms with van der Waals surface area (Å²) < 4.78 is 1.04. The molecule has 1 aromatic heterocycles. The molecule has 1 aromatic carbocycles. The van der Waals surface area contributed by atoms with Crippen LogP contribution in [0.15, 0.2) is 53.3 Å². The number of benzene rings is 1. The number of aromatic nitrogens is 1. The Kier molecular flexibility index (Phi) is 6.98. The van der Waals surface area contributed by atoms with E-state index < -0.39 is 0 Å². The molecule has 0 spiro atoms. The molecule has 5 nitrogen and oxygen atoms in total. The van der Waals surface area contributed by atoms with Gasteiger partial charge in [0.1, 0.15) is 0 Å². The van der Waals surface area contributed by atoms with E-state index in [9.17, 15) is 9.59 Å². The number of halogens is 1. The lowest BCUT2D eigenvalue weighted by molar-refractivity contribution is -0.121. The Morgan fingerprint density at radius 2 is 2.00 bits per heavy atom. The average molecular weight is 430 g/mol. The molecule has 0 radical (unpaired) electrons. The molecule has 1 aliphatic heterocycles. The van der Waals surface area contributed by atoms with Gasteiger partial charge in [-0.1, -0.05) is 28.1 Å². The Labute approximate surface area is 168 Å². The van der Waals surface area contributed by atoms with E-state index in [0.29, 0.717) is 24.4 Å². The van der Waals surface area contributed by atoms with Crippen LogP contribution in [0, 0.1) is 5.92 Å². The lowest BCUT2D eigenvalue weighted by atomic mass is 9.96. The molecule has 1 aliphatic rings. The summed E-state index contributed by atoms with van der Waals surface area (Å²) in [4.78, 5) is 30.4. The van der Waals surface area contributed by atoms with Gasteiger partial charge in [0.25, 0.3) is 5.91 Å². The molecule has 0 aliphatic carbocycles. The summed E-state index contributed by atoms with van der Waals surface area (Å²) in [5.41, 5.74) is 1.79. The first-order valence-corrected chi connectivity index (χ1v) is 10.1. The number of hydrogen-bond acceptors (Lipinski definition) is 3. The summed E-state index contributed by atoms with van der Waals surface area (Å²) in [6, 6.07) is 11.6. The number of nitrogens with one attached hydrogen (secondary N) is 1. The molecule has 3 rings (SSSR count). The normalized spacial score (nSPS) is 14.8. The Morgan fingerprint density at radius 3 is 2.70 bits per heavy atom.